The van der Waals surface area contributed by atoms with Crippen LogP contribution in [0.3, 0.4) is 0 Å². The Kier molecular flexibility index (Phi) is 11.3. The third-order valence-corrected chi connectivity index (χ3v) is 8.53. The van der Waals surface area contributed by atoms with Gasteiger partial charge >= 0.3 is 0 Å². The number of aromatic hydroxyl groups is 2. The van der Waals surface area contributed by atoms with Gasteiger partial charge in [-0.15, -0.1) is 0 Å². The van der Waals surface area contributed by atoms with Crippen molar-refractivity contribution in [2.24, 2.45) is 0 Å². The minimum absolute atomic E-state index is 0.0381. The Morgan fingerprint density at radius 3 is 2.40 bits per heavy atom. The molecule has 6 nitrogen and oxygen atoms in total. The van der Waals surface area contributed by atoms with Gasteiger partial charge in [-0.2, -0.15) is 0 Å². The first-order chi connectivity index (χ1) is 16.6. The number of amides is 1. The summed E-state index contributed by atoms with van der Waals surface area (Å²) in [5.41, 5.74) is 3.04. The van der Waals surface area contributed by atoms with Gasteiger partial charge in [0.2, 0.25) is 10.0 Å². The number of allylic oxidation sites excluding steroid dienone is 4. The Labute approximate surface area is 211 Å². The van der Waals surface area contributed by atoms with Gasteiger partial charge in [0, 0.05) is 5.56 Å². The largest absolute Gasteiger partial charge is 0.508 e. The number of unbranched alkanes of at least 4 members (excludes halogenated alkanes) is 2. The molecule has 196 valence electrons. The topological polar surface area (TPSA) is 104 Å². The molecule has 1 aromatic carbocycles. The second kappa shape index (κ2) is 13.7. The Balaban J connectivity index is 2.35. The number of aryl methyl sites for hydroxylation is 1. The van der Waals surface area contributed by atoms with E-state index in [1.807, 2.05) is 13.0 Å². The standard InChI is InChI=1S/C28H43NO5S/c1-5-6-8-14-22-19-25(30)24(18-17-21(4)13-11-12-20(2)3)27(31)26(22)28(32)29-35(33,34)23-15-9-7-10-16-23/h12,17,19,23,30-31H,5-11,13-16,18H2,1-4H3,(H,29,32). The van der Waals surface area contributed by atoms with Crippen LogP contribution in [0.15, 0.2) is 29.4 Å². The van der Waals surface area contributed by atoms with Crippen LogP contribution in [0, 0.1) is 0 Å². The van der Waals surface area contributed by atoms with E-state index in [0.29, 0.717) is 24.8 Å². The zero-order valence-corrected chi connectivity index (χ0v) is 22.6. The molecule has 0 radical (unpaired) electrons. The zero-order chi connectivity index (χ0) is 26.0. The molecule has 1 fully saturated rings. The summed E-state index contributed by atoms with van der Waals surface area (Å²) >= 11 is 0. The molecule has 1 aromatic rings. The molecule has 1 aliphatic carbocycles. The first-order valence-electron chi connectivity index (χ1n) is 13.0. The molecule has 0 atom stereocenters. The lowest BCUT2D eigenvalue weighted by Crippen LogP contribution is -2.39. The van der Waals surface area contributed by atoms with Crippen molar-refractivity contribution in [2.75, 3.05) is 0 Å². The molecule has 7 heteroatoms. The molecule has 0 bridgehead atoms. The van der Waals surface area contributed by atoms with E-state index in [1.54, 1.807) is 0 Å². The van der Waals surface area contributed by atoms with Gasteiger partial charge in [0.1, 0.15) is 11.5 Å². The number of benzene rings is 1. The van der Waals surface area contributed by atoms with Gasteiger partial charge in [-0.1, -0.05) is 62.3 Å². The van der Waals surface area contributed by atoms with Gasteiger partial charge < -0.3 is 10.2 Å². The van der Waals surface area contributed by atoms with Gasteiger partial charge in [0.15, 0.2) is 0 Å². The summed E-state index contributed by atoms with van der Waals surface area (Å²) in [7, 11) is -3.85. The van der Waals surface area contributed by atoms with E-state index < -0.39 is 21.2 Å². The summed E-state index contributed by atoms with van der Waals surface area (Å²) in [5, 5.41) is 21.2. The number of carbonyl (C=O) groups excluding carboxylic acids is 1. The van der Waals surface area contributed by atoms with Crippen molar-refractivity contribution in [2.45, 2.75) is 110 Å². The van der Waals surface area contributed by atoms with E-state index in [9.17, 15) is 23.4 Å². The molecular weight excluding hydrogens is 462 g/mol. The van der Waals surface area contributed by atoms with Crippen molar-refractivity contribution in [3.63, 3.8) is 0 Å². The van der Waals surface area contributed by atoms with Crippen LogP contribution in [0.5, 0.6) is 11.5 Å². The van der Waals surface area contributed by atoms with E-state index in [0.717, 1.165) is 56.9 Å². The van der Waals surface area contributed by atoms with Crippen molar-refractivity contribution < 1.29 is 23.4 Å². The summed E-state index contributed by atoms with van der Waals surface area (Å²) < 4.78 is 28.0. The molecule has 1 amide bonds. The number of phenolic OH excluding ortho intramolecular Hbond substituents is 2. The van der Waals surface area contributed by atoms with Crippen LogP contribution in [0.2, 0.25) is 0 Å². The number of nitrogens with one attached hydrogen (secondary N) is 1. The third-order valence-electron chi connectivity index (χ3n) is 6.71. The molecule has 0 spiro atoms. The van der Waals surface area contributed by atoms with Crippen LogP contribution >= 0.6 is 0 Å². The van der Waals surface area contributed by atoms with E-state index in [1.165, 1.54) is 11.6 Å². The predicted molar refractivity (Wildman–Crippen MR) is 142 cm³/mol. The van der Waals surface area contributed by atoms with Crippen LogP contribution < -0.4 is 4.72 Å². The Morgan fingerprint density at radius 1 is 1.09 bits per heavy atom. The Hall–Kier alpha value is -2.28. The van der Waals surface area contributed by atoms with E-state index in [2.05, 4.69) is 31.6 Å². The lowest BCUT2D eigenvalue weighted by atomic mass is 9.94. The summed E-state index contributed by atoms with van der Waals surface area (Å²) in [6, 6.07) is 1.51. The van der Waals surface area contributed by atoms with E-state index in [4.69, 9.17) is 0 Å². The van der Waals surface area contributed by atoms with Crippen LogP contribution in [0.25, 0.3) is 0 Å². The third kappa shape index (κ3) is 8.71. The fourth-order valence-electron chi connectivity index (χ4n) is 4.57. The minimum atomic E-state index is -3.85. The van der Waals surface area contributed by atoms with Gasteiger partial charge in [-0.3, -0.25) is 4.79 Å². The molecule has 1 saturated carbocycles. The maximum Gasteiger partial charge on any atom is 0.268 e. The number of rotatable bonds is 12. The zero-order valence-electron chi connectivity index (χ0n) is 21.8. The summed E-state index contributed by atoms with van der Waals surface area (Å²) in [6.45, 7) is 8.17. The Morgan fingerprint density at radius 2 is 1.77 bits per heavy atom. The molecule has 2 rings (SSSR count). The lowest BCUT2D eigenvalue weighted by molar-refractivity contribution is 0.0977. The number of sulfonamides is 1. The number of carbonyl (C=O) groups is 1. The molecule has 1 aliphatic rings. The van der Waals surface area contributed by atoms with Crippen molar-refractivity contribution >= 4 is 15.9 Å². The fraction of sp³-hybridized carbons (Fsp3) is 0.607. The monoisotopic (exact) mass is 505 g/mol. The SMILES string of the molecule is CCCCCc1cc(O)c(CC=C(C)CCC=C(C)C)c(O)c1C(=O)NS(=O)(=O)C1CCCCC1. The van der Waals surface area contributed by atoms with Crippen LogP contribution in [-0.2, 0) is 22.9 Å². The van der Waals surface area contributed by atoms with Gasteiger partial charge in [0.05, 0.1) is 10.8 Å². The van der Waals surface area contributed by atoms with Crippen LogP contribution in [0.1, 0.15) is 113 Å². The predicted octanol–water partition coefficient (Wildman–Crippen LogP) is 6.46. The average molecular weight is 506 g/mol. The van der Waals surface area contributed by atoms with E-state index in [-0.39, 0.29) is 29.0 Å². The quantitative estimate of drug-likeness (QED) is 0.223. The summed E-state index contributed by atoms with van der Waals surface area (Å²) in [6.07, 6.45) is 13.0. The second-order valence-electron chi connectivity index (χ2n) is 10.0. The maximum atomic E-state index is 13.2. The van der Waals surface area contributed by atoms with Gasteiger partial charge in [-0.05, 0) is 77.3 Å². The highest BCUT2D eigenvalue weighted by Crippen LogP contribution is 2.36. The Bertz CT molecular complexity index is 1030. The highest BCUT2D eigenvalue weighted by Gasteiger charge is 2.31. The molecule has 0 saturated heterocycles. The molecule has 3 N–H and O–H groups in total. The normalized spacial score (nSPS) is 15.1. The van der Waals surface area contributed by atoms with Crippen LogP contribution in [0.4, 0.5) is 0 Å². The first-order valence-corrected chi connectivity index (χ1v) is 14.5. The number of hydrogen-bond donors (Lipinski definition) is 3. The molecule has 0 aromatic heterocycles. The van der Waals surface area contributed by atoms with Gasteiger partial charge in [0.25, 0.3) is 5.91 Å². The van der Waals surface area contributed by atoms with Crippen molar-refractivity contribution in [3.8, 4) is 11.5 Å². The molecule has 0 aliphatic heterocycles. The first kappa shape index (κ1) is 29.0. The fourth-order valence-corrected chi connectivity index (χ4v) is 6.05. The molecule has 0 unspecified atom stereocenters. The molecule has 35 heavy (non-hydrogen) atoms. The number of hydrogen-bond acceptors (Lipinski definition) is 5. The van der Waals surface area contributed by atoms with Crippen molar-refractivity contribution in [3.05, 3.63) is 46.1 Å². The van der Waals surface area contributed by atoms with E-state index >= 15 is 0 Å². The minimum Gasteiger partial charge on any atom is -0.508 e. The lowest BCUT2D eigenvalue weighted by Gasteiger charge is -2.22. The van der Waals surface area contributed by atoms with Crippen molar-refractivity contribution in [1.29, 1.82) is 0 Å². The molecular formula is C28H43NO5S. The second-order valence-corrected chi connectivity index (χ2v) is 12.0. The van der Waals surface area contributed by atoms with Gasteiger partial charge in [-0.25, -0.2) is 13.1 Å². The number of phenols is 2. The average Bonchev–Trinajstić information content (AvgIpc) is 2.79. The highest BCUT2D eigenvalue weighted by atomic mass is 32.2. The van der Waals surface area contributed by atoms with Crippen LogP contribution in [-0.4, -0.2) is 29.8 Å². The summed E-state index contributed by atoms with van der Waals surface area (Å²) in [4.78, 5) is 13.2. The highest BCUT2D eigenvalue weighted by molar-refractivity contribution is 7.90. The maximum absolute atomic E-state index is 13.2. The smallest absolute Gasteiger partial charge is 0.268 e. The molecule has 0 heterocycles. The summed E-state index contributed by atoms with van der Waals surface area (Å²) in [5.74, 6) is -1.22. The van der Waals surface area contributed by atoms with Crippen molar-refractivity contribution in [1.82, 2.24) is 4.72 Å².